The van der Waals surface area contributed by atoms with Gasteiger partial charge in [0.05, 0.1) is 10.5 Å². The number of nitrogens with two attached hydrogens (primary N) is 1. The average Bonchev–Trinajstić information content (AvgIpc) is 3.16. The Labute approximate surface area is 143 Å². The highest BCUT2D eigenvalue weighted by Gasteiger charge is 2.22. The fourth-order valence-electron chi connectivity index (χ4n) is 2.88. The predicted octanol–water partition coefficient (Wildman–Crippen LogP) is 2.93. The molecule has 4 aromatic rings. The third kappa shape index (κ3) is 2.19. The molecule has 0 saturated heterocycles. The lowest BCUT2D eigenvalue weighted by atomic mass is 10.2. The molecule has 0 amide bonds. The molecule has 2 aromatic heterocycles. The van der Waals surface area contributed by atoms with E-state index in [9.17, 15) is 0 Å². The maximum Gasteiger partial charge on any atom is 0.200 e. The van der Waals surface area contributed by atoms with Gasteiger partial charge < -0.3 is 10.3 Å². The lowest BCUT2D eigenvalue weighted by Crippen LogP contribution is -2.03. The van der Waals surface area contributed by atoms with Gasteiger partial charge in [0.2, 0.25) is 0 Å². The van der Waals surface area contributed by atoms with E-state index < -0.39 is 0 Å². The molecule has 0 aliphatic carbocycles. The van der Waals surface area contributed by atoms with Crippen molar-refractivity contribution in [3.63, 3.8) is 0 Å². The molecule has 0 unspecified atom stereocenters. The first-order valence-corrected chi connectivity index (χ1v) is 7.89. The fraction of sp³-hybridized carbons (Fsp3) is 0.118. The zero-order valence-electron chi connectivity index (χ0n) is 13.0. The van der Waals surface area contributed by atoms with Gasteiger partial charge in [-0.3, -0.25) is 0 Å². The lowest BCUT2D eigenvalue weighted by molar-refractivity contribution is 0.713. The summed E-state index contributed by atoms with van der Waals surface area (Å²) in [4.78, 5) is 0. The van der Waals surface area contributed by atoms with Crippen molar-refractivity contribution in [2.75, 3.05) is 0 Å². The summed E-state index contributed by atoms with van der Waals surface area (Å²) in [5.41, 5.74) is 9.52. The van der Waals surface area contributed by atoms with Crippen LogP contribution in [0.1, 0.15) is 5.56 Å². The van der Waals surface area contributed by atoms with Crippen LogP contribution >= 0.6 is 11.6 Å². The van der Waals surface area contributed by atoms with Crippen molar-refractivity contribution in [2.24, 2.45) is 12.8 Å². The summed E-state index contributed by atoms with van der Waals surface area (Å²) >= 11 is 6.68. The Hall–Kier alpha value is -2.70. The number of fused-ring (bicyclic) bond motifs is 1. The van der Waals surface area contributed by atoms with Crippen molar-refractivity contribution in [2.45, 2.75) is 6.54 Å². The van der Waals surface area contributed by atoms with E-state index >= 15 is 0 Å². The lowest BCUT2D eigenvalue weighted by Gasteiger charge is -2.11. The Bertz CT molecular complexity index is 1020. The Morgan fingerprint density at radius 3 is 2.50 bits per heavy atom. The highest BCUT2D eigenvalue weighted by molar-refractivity contribution is 6.38. The summed E-state index contributed by atoms with van der Waals surface area (Å²) in [7, 11) is 1.80. The molecule has 2 heterocycles. The molecular formula is C17H15ClN6. The SMILES string of the molecule is Cn1nnnc1-c1c(Cl)c2ccccc2n1-c1ccc(CN)cc1. The van der Waals surface area contributed by atoms with Crippen LogP contribution in [0.4, 0.5) is 0 Å². The average molecular weight is 339 g/mol. The first kappa shape index (κ1) is 14.9. The van der Waals surface area contributed by atoms with E-state index in [0.717, 1.165) is 27.8 Å². The molecule has 0 aliphatic heterocycles. The van der Waals surface area contributed by atoms with Gasteiger partial charge >= 0.3 is 0 Å². The van der Waals surface area contributed by atoms with Gasteiger partial charge in [0, 0.05) is 24.7 Å². The van der Waals surface area contributed by atoms with E-state index in [1.54, 1.807) is 11.7 Å². The molecular weight excluding hydrogens is 324 g/mol. The minimum absolute atomic E-state index is 0.507. The summed E-state index contributed by atoms with van der Waals surface area (Å²) in [5.74, 6) is 0.610. The molecule has 2 N–H and O–H groups in total. The van der Waals surface area contributed by atoms with Gasteiger partial charge in [-0.2, -0.15) is 0 Å². The smallest absolute Gasteiger partial charge is 0.200 e. The summed E-state index contributed by atoms with van der Waals surface area (Å²) in [6, 6.07) is 16.1. The zero-order chi connectivity index (χ0) is 16.7. The quantitative estimate of drug-likeness (QED) is 0.623. The van der Waals surface area contributed by atoms with E-state index in [2.05, 4.69) is 20.1 Å². The Balaban J connectivity index is 2.07. The van der Waals surface area contributed by atoms with E-state index in [4.69, 9.17) is 17.3 Å². The van der Waals surface area contributed by atoms with E-state index in [0.29, 0.717) is 17.4 Å². The summed E-state index contributed by atoms with van der Waals surface area (Å²) in [5, 5.41) is 13.4. The summed E-state index contributed by atoms with van der Waals surface area (Å²) in [6.07, 6.45) is 0. The normalized spacial score (nSPS) is 11.3. The van der Waals surface area contributed by atoms with Crippen LogP contribution in [0.2, 0.25) is 5.02 Å². The fourth-order valence-corrected chi connectivity index (χ4v) is 3.21. The standard InChI is InChI=1S/C17H15ClN6/c1-23-17(20-21-22-23)16-15(18)13-4-2-3-5-14(13)24(16)12-8-6-11(10-19)7-9-12/h2-9H,10,19H2,1H3. The largest absolute Gasteiger partial charge is 0.326 e. The molecule has 24 heavy (non-hydrogen) atoms. The van der Waals surface area contributed by atoms with Crippen molar-refractivity contribution in [1.29, 1.82) is 0 Å². The molecule has 0 spiro atoms. The van der Waals surface area contributed by atoms with Gasteiger partial charge in [0.1, 0.15) is 5.69 Å². The number of hydrogen-bond acceptors (Lipinski definition) is 4. The van der Waals surface area contributed by atoms with Crippen LogP contribution in [0.25, 0.3) is 28.1 Å². The highest BCUT2D eigenvalue weighted by Crippen LogP contribution is 2.38. The number of rotatable bonds is 3. The van der Waals surface area contributed by atoms with Crippen molar-refractivity contribution in [3.8, 4) is 17.2 Å². The van der Waals surface area contributed by atoms with Gasteiger partial charge in [0.15, 0.2) is 5.82 Å². The number of tetrazole rings is 1. The molecule has 0 fully saturated rings. The number of nitrogens with zero attached hydrogens (tertiary/aromatic N) is 5. The Kier molecular flexibility index (Phi) is 3.55. The van der Waals surface area contributed by atoms with Gasteiger partial charge in [0.25, 0.3) is 0 Å². The summed E-state index contributed by atoms with van der Waals surface area (Å²) in [6.45, 7) is 0.507. The molecule has 0 atom stereocenters. The van der Waals surface area contributed by atoms with Crippen molar-refractivity contribution >= 4 is 22.5 Å². The van der Waals surface area contributed by atoms with Gasteiger partial charge in [-0.05, 0) is 34.2 Å². The first-order valence-electron chi connectivity index (χ1n) is 7.51. The third-order valence-corrected chi connectivity index (χ3v) is 4.46. The van der Waals surface area contributed by atoms with Crippen LogP contribution in [0.15, 0.2) is 48.5 Å². The van der Waals surface area contributed by atoms with E-state index in [1.165, 1.54) is 0 Å². The highest BCUT2D eigenvalue weighted by atomic mass is 35.5. The Morgan fingerprint density at radius 2 is 1.83 bits per heavy atom. The molecule has 4 rings (SSSR count). The third-order valence-electron chi connectivity index (χ3n) is 4.08. The number of para-hydroxylation sites is 1. The summed E-state index contributed by atoms with van der Waals surface area (Å²) < 4.78 is 3.69. The molecule has 2 aromatic carbocycles. The van der Waals surface area contributed by atoms with Gasteiger partial charge in [-0.1, -0.05) is 41.9 Å². The van der Waals surface area contributed by atoms with Crippen molar-refractivity contribution in [1.82, 2.24) is 24.8 Å². The van der Waals surface area contributed by atoms with E-state index in [-0.39, 0.29) is 0 Å². The monoisotopic (exact) mass is 338 g/mol. The molecule has 0 bridgehead atoms. The molecule has 6 nitrogen and oxygen atoms in total. The zero-order valence-corrected chi connectivity index (χ0v) is 13.8. The number of benzene rings is 2. The van der Waals surface area contributed by atoms with Crippen LogP contribution in [0, 0.1) is 0 Å². The van der Waals surface area contributed by atoms with Gasteiger partial charge in [-0.15, -0.1) is 5.10 Å². The van der Waals surface area contributed by atoms with Crippen LogP contribution in [-0.4, -0.2) is 24.8 Å². The second-order valence-electron chi connectivity index (χ2n) is 5.51. The topological polar surface area (TPSA) is 74.5 Å². The van der Waals surface area contributed by atoms with Crippen LogP contribution < -0.4 is 5.73 Å². The molecule has 0 aliphatic rings. The minimum Gasteiger partial charge on any atom is -0.326 e. The van der Waals surface area contributed by atoms with Crippen LogP contribution in [-0.2, 0) is 13.6 Å². The number of aryl methyl sites for hydroxylation is 1. The first-order chi connectivity index (χ1) is 11.7. The second kappa shape index (κ2) is 5.74. The molecule has 0 saturated carbocycles. The maximum atomic E-state index is 6.68. The van der Waals surface area contributed by atoms with E-state index in [1.807, 2.05) is 48.5 Å². The molecule has 0 radical (unpaired) electrons. The number of hydrogen-bond donors (Lipinski definition) is 1. The van der Waals surface area contributed by atoms with Crippen LogP contribution in [0.5, 0.6) is 0 Å². The van der Waals surface area contributed by atoms with Crippen molar-refractivity contribution in [3.05, 3.63) is 59.1 Å². The number of aromatic nitrogens is 5. The predicted molar refractivity (Wildman–Crippen MR) is 94.0 cm³/mol. The Morgan fingerprint density at radius 1 is 1.08 bits per heavy atom. The number of halogens is 1. The second-order valence-corrected chi connectivity index (χ2v) is 5.89. The van der Waals surface area contributed by atoms with Crippen LogP contribution in [0.3, 0.4) is 0 Å². The van der Waals surface area contributed by atoms with Gasteiger partial charge in [-0.25, -0.2) is 4.68 Å². The van der Waals surface area contributed by atoms with Crippen molar-refractivity contribution < 1.29 is 0 Å². The molecule has 120 valence electrons. The maximum absolute atomic E-state index is 6.68. The minimum atomic E-state index is 0.507. The molecule has 7 heteroatoms.